The molecule has 6 nitrogen and oxygen atoms in total. The number of carbonyl (C=O) groups excluding carboxylic acids is 1. The zero-order valence-corrected chi connectivity index (χ0v) is 17.9. The van der Waals surface area contributed by atoms with Crippen LogP contribution in [-0.4, -0.2) is 42.1 Å². The number of aromatic nitrogens is 2. The number of hydrogen-bond acceptors (Lipinski definition) is 5. The lowest BCUT2D eigenvalue weighted by Gasteiger charge is -2.20. The SMILES string of the molecule is Cc1nc(N2CCCNCC2)nc2ccc(NC(=O)CCc3ccc(Cl)cc3)cc12. The molecule has 0 unspecified atom stereocenters. The minimum atomic E-state index is -0.0171. The standard InChI is InChI=1S/C23H26ClN5O/c1-16-20-15-19(27-22(30)10-5-17-3-6-18(24)7-4-17)8-9-21(20)28-23(26-16)29-13-2-11-25-12-14-29/h3-4,6-9,15,25H,2,5,10-14H2,1H3,(H,27,30). The average molecular weight is 424 g/mol. The lowest BCUT2D eigenvalue weighted by molar-refractivity contribution is -0.116. The van der Waals surface area contributed by atoms with Gasteiger partial charge in [-0.1, -0.05) is 23.7 Å². The van der Waals surface area contributed by atoms with Crippen molar-refractivity contribution in [3.63, 3.8) is 0 Å². The van der Waals surface area contributed by atoms with E-state index in [9.17, 15) is 4.79 Å². The van der Waals surface area contributed by atoms with Gasteiger partial charge in [0.15, 0.2) is 0 Å². The number of rotatable bonds is 5. The Balaban J connectivity index is 1.44. The van der Waals surface area contributed by atoms with Gasteiger partial charge in [0.05, 0.1) is 11.2 Å². The van der Waals surface area contributed by atoms with Crippen LogP contribution in [0.4, 0.5) is 11.6 Å². The number of benzene rings is 2. The van der Waals surface area contributed by atoms with Gasteiger partial charge in [0.25, 0.3) is 0 Å². The maximum absolute atomic E-state index is 12.4. The van der Waals surface area contributed by atoms with E-state index in [1.165, 1.54) is 0 Å². The Hall–Kier alpha value is -2.70. The van der Waals surface area contributed by atoms with E-state index in [4.69, 9.17) is 21.6 Å². The molecule has 156 valence electrons. The minimum absolute atomic E-state index is 0.0171. The molecule has 1 fully saturated rings. The van der Waals surface area contributed by atoms with Crippen LogP contribution in [0.15, 0.2) is 42.5 Å². The summed E-state index contributed by atoms with van der Waals surface area (Å²) in [7, 11) is 0. The van der Waals surface area contributed by atoms with Gasteiger partial charge in [-0.3, -0.25) is 4.79 Å². The van der Waals surface area contributed by atoms with Crippen LogP contribution in [-0.2, 0) is 11.2 Å². The number of amides is 1. The summed E-state index contributed by atoms with van der Waals surface area (Å²) in [5.74, 6) is 0.764. The van der Waals surface area contributed by atoms with Crippen LogP contribution < -0.4 is 15.5 Å². The lowest BCUT2D eigenvalue weighted by Crippen LogP contribution is -2.29. The van der Waals surface area contributed by atoms with Crippen molar-refractivity contribution in [3.8, 4) is 0 Å². The molecule has 1 aliphatic heterocycles. The van der Waals surface area contributed by atoms with Gasteiger partial charge in [-0.05, 0) is 62.2 Å². The summed E-state index contributed by atoms with van der Waals surface area (Å²) < 4.78 is 0. The summed E-state index contributed by atoms with van der Waals surface area (Å²) in [4.78, 5) is 24.1. The normalized spacial score (nSPS) is 14.5. The summed E-state index contributed by atoms with van der Waals surface area (Å²) in [6.45, 7) is 5.84. The van der Waals surface area contributed by atoms with Crippen molar-refractivity contribution in [2.75, 3.05) is 36.4 Å². The smallest absolute Gasteiger partial charge is 0.226 e. The van der Waals surface area contributed by atoms with Crippen molar-refractivity contribution in [1.29, 1.82) is 0 Å². The first-order valence-electron chi connectivity index (χ1n) is 10.4. The summed E-state index contributed by atoms with van der Waals surface area (Å²) >= 11 is 5.91. The van der Waals surface area contributed by atoms with Crippen molar-refractivity contribution >= 4 is 40.0 Å². The van der Waals surface area contributed by atoms with E-state index in [0.29, 0.717) is 17.9 Å². The van der Waals surface area contributed by atoms with Gasteiger partial charge in [0, 0.05) is 42.2 Å². The van der Waals surface area contributed by atoms with Crippen LogP contribution in [0.5, 0.6) is 0 Å². The Kier molecular flexibility index (Phi) is 6.45. The molecule has 0 saturated carbocycles. The number of anilines is 2. The van der Waals surface area contributed by atoms with Crippen LogP contribution in [0.25, 0.3) is 10.9 Å². The molecule has 1 aromatic heterocycles. The Morgan fingerprint density at radius 2 is 1.97 bits per heavy atom. The van der Waals surface area contributed by atoms with E-state index in [1.807, 2.05) is 49.4 Å². The van der Waals surface area contributed by atoms with Gasteiger partial charge in [-0.2, -0.15) is 0 Å². The molecule has 0 spiro atoms. The number of nitrogens with one attached hydrogen (secondary N) is 2. The molecule has 0 radical (unpaired) electrons. The second kappa shape index (κ2) is 9.41. The number of halogens is 1. The van der Waals surface area contributed by atoms with E-state index in [1.54, 1.807) is 0 Å². The van der Waals surface area contributed by atoms with Gasteiger partial charge in [-0.25, -0.2) is 9.97 Å². The predicted octanol–water partition coefficient (Wildman–Crippen LogP) is 3.96. The highest BCUT2D eigenvalue weighted by Crippen LogP contribution is 2.23. The quantitative estimate of drug-likeness (QED) is 0.650. The fraction of sp³-hybridized carbons (Fsp3) is 0.348. The maximum atomic E-state index is 12.4. The van der Waals surface area contributed by atoms with Crippen molar-refractivity contribution in [1.82, 2.24) is 15.3 Å². The van der Waals surface area contributed by atoms with Crippen molar-refractivity contribution in [2.45, 2.75) is 26.2 Å². The first kappa shape index (κ1) is 20.6. The molecule has 1 aliphatic rings. The number of nitrogens with zero attached hydrogens (tertiary/aromatic N) is 3. The molecule has 7 heteroatoms. The zero-order valence-electron chi connectivity index (χ0n) is 17.1. The molecule has 2 heterocycles. The van der Waals surface area contributed by atoms with E-state index in [-0.39, 0.29) is 5.91 Å². The molecule has 0 bridgehead atoms. The monoisotopic (exact) mass is 423 g/mol. The summed E-state index contributed by atoms with van der Waals surface area (Å²) in [6, 6.07) is 13.4. The average Bonchev–Trinajstić information content (AvgIpc) is 3.03. The molecule has 0 atom stereocenters. The maximum Gasteiger partial charge on any atom is 0.226 e. The highest BCUT2D eigenvalue weighted by atomic mass is 35.5. The van der Waals surface area contributed by atoms with E-state index in [2.05, 4.69) is 15.5 Å². The first-order valence-corrected chi connectivity index (χ1v) is 10.7. The summed E-state index contributed by atoms with van der Waals surface area (Å²) in [5.41, 5.74) is 3.67. The predicted molar refractivity (Wildman–Crippen MR) is 122 cm³/mol. The van der Waals surface area contributed by atoms with Crippen LogP contribution in [0.1, 0.15) is 24.1 Å². The van der Waals surface area contributed by atoms with Crippen LogP contribution in [0, 0.1) is 6.92 Å². The molecule has 0 aliphatic carbocycles. The topological polar surface area (TPSA) is 70.2 Å². The Morgan fingerprint density at radius 3 is 2.80 bits per heavy atom. The number of aryl methyl sites for hydroxylation is 2. The van der Waals surface area contributed by atoms with Gasteiger partial charge >= 0.3 is 0 Å². The third-order valence-corrected chi connectivity index (χ3v) is 5.59. The molecule has 3 aromatic rings. The molecular formula is C23H26ClN5O. The zero-order chi connectivity index (χ0) is 20.9. The van der Waals surface area contributed by atoms with Crippen molar-refractivity contribution in [2.24, 2.45) is 0 Å². The highest BCUT2D eigenvalue weighted by Gasteiger charge is 2.14. The minimum Gasteiger partial charge on any atom is -0.339 e. The summed E-state index contributed by atoms with van der Waals surface area (Å²) in [6.07, 6.45) is 2.17. The fourth-order valence-electron chi connectivity index (χ4n) is 3.66. The van der Waals surface area contributed by atoms with E-state index >= 15 is 0 Å². The molecule has 2 aromatic carbocycles. The second-order valence-electron chi connectivity index (χ2n) is 7.61. The Bertz CT molecular complexity index is 1030. The summed E-state index contributed by atoms with van der Waals surface area (Å²) in [5, 5.41) is 8.06. The molecule has 1 saturated heterocycles. The second-order valence-corrected chi connectivity index (χ2v) is 8.04. The fourth-order valence-corrected chi connectivity index (χ4v) is 3.79. The third-order valence-electron chi connectivity index (χ3n) is 5.34. The van der Waals surface area contributed by atoms with Crippen LogP contribution in [0.2, 0.25) is 5.02 Å². The van der Waals surface area contributed by atoms with Crippen molar-refractivity contribution < 1.29 is 4.79 Å². The first-order chi connectivity index (χ1) is 14.6. The third kappa shape index (κ3) is 5.07. The highest BCUT2D eigenvalue weighted by molar-refractivity contribution is 6.30. The van der Waals surface area contributed by atoms with Gasteiger partial charge in [0.2, 0.25) is 11.9 Å². The van der Waals surface area contributed by atoms with Gasteiger partial charge in [-0.15, -0.1) is 0 Å². The van der Waals surface area contributed by atoms with Crippen LogP contribution >= 0.6 is 11.6 Å². The molecule has 2 N–H and O–H groups in total. The van der Waals surface area contributed by atoms with Crippen LogP contribution in [0.3, 0.4) is 0 Å². The number of carbonyl (C=O) groups is 1. The largest absolute Gasteiger partial charge is 0.339 e. The number of hydrogen-bond donors (Lipinski definition) is 2. The molecule has 30 heavy (non-hydrogen) atoms. The lowest BCUT2D eigenvalue weighted by atomic mass is 10.1. The molecule has 1 amide bonds. The van der Waals surface area contributed by atoms with E-state index in [0.717, 1.165) is 66.4 Å². The number of fused-ring (bicyclic) bond motifs is 1. The van der Waals surface area contributed by atoms with Gasteiger partial charge < -0.3 is 15.5 Å². The van der Waals surface area contributed by atoms with Gasteiger partial charge in [0.1, 0.15) is 0 Å². The molecule has 4 rings (SSSR count). The Labute approximate surface area is 181 Å². The molecular weight excluding hydrogens is 398 g/mol. The Morgan fingerprint density at radius 1 is 1.13 bits per heavy atom. The van der Waals surface area contributed by atoms with Crippen molar-refractivity contribution in [3.05, 3.63) is 58.7 Å². The van der Waals surface area contributed by atoms with E-state index < -0.39 is 0 Å².